The second-order valence-corrected chi connectivity index (χ2v) is 3.10. The van der Waals surface area contributed by atoms with E-state index < -0.39 is 12.1 Å². The minimum atomic E-state index is -0.811. The van der Waals surface area contributed by atoms with Crippen molar-refractivity contribution < 1.29 is 14.3 Å². The van der Waals surface area contributed by atoms with E-state index in [1.807, 2.05) is 5.32 Å². The van der Waals surface area contributed by atoms with E-state index in [0.29, 0.717) is 5.02 Å². The van der Waals surface area contributed by atoms with Gasteiger partial charge in [0.05, 0.1) is 11.6 Å². The molecule has 0 fully saturated rings. The molecule has 86 valence electrons. The first-order valence-electron chi connectivity index (χ1n) is 4.48. The SMILES string of the molecule is CCOC(=O)NC(=O)Nc1ccc(Cl)cn1. The number of carbonyl (C=O) groups excluding carboxylic acids is 2. The predicted molar refractivity (Wildman–Crippen MR) is 58.4 cm³/mol. The maximum absolute atomic E-state index is 11.2. The topological polar surface area (TPSA) is 80.3 Å². The van der Waals surface area contributed by atoms with Crippen LogP contribution in [0.5, 0.6) is 0 Å². The number of aromatic nitrogens is 1. The third-order valence-electron chi connectivity index (χ3n) is 1.46. The van der Waals surface area contributed by atoms with Crippen LogP contribution >= 0.6 is 11.6 Å². The molecule has 16 heavy (non-hydrogen) atoms. The molecule has 1 heterocycles. The van der Waals surface area contributed by atoms with Crippen molar-refractivity contribution in [2.45, 2.75) is 6.92 Å². The van der Waals surface area contributed by atoms with Gasteiger partial charge in [0.1, 0.15) is 5.82 Å². The molecule has 0 bridgehead atoms. The minimum Gasteiger partial charge on any atom is -0.450 e. The Morgan fingerprint density at radius 3 is 2.81 bits per heavy atom. The molecule has 1 rings (SSSR count). The van der Waals surface area contributed by atoms with Gasteiger partial charge < -0.3 is 4.74 Å². The van der Waals surface area contributed by atoms with Crippen molar-refractivity contribution in [2.24, 2.45) is 0 Å². The Morgan fingerprint density at radius 2 is 2.25 bits per heavy atom. The van der Waals surface area contributed by atoms with E-state index in [0.717, 1.165) is 0 Å². The molecule has 0 aliphatic heterocycles. The molecule has 3 amide bonds. The molecule has 6 nitrogen and oxygen atoms in total. The lowest BCUT2D eigenvalue weighted by Gasteiger charge is -2.05. The Labute approximate surface area is 97.0 Å². The maximum atomic E-state index is 11.2. The number of halogens is 1. The second-order valence-electron chi connectivity index (χ2n) is 2.66. The van der Waals surface area contributed by atoms with Gasteiger partial charge in [-0.1, -0.05) is 11.6 Å². The summed E-state index contributed by atoms with van der Waals surface area (Å²) in [5.41, 5.74) is 0. The monoisotopic (exact) mass is 243 g/mol. The molecule has 0 spiro atoms. The number of imide groups is 1. The van der Waals surface area contributed by atoms with Gasteiger partial charge in [-0.15, -0.1) is 0 Å². The first-order valence-corrected chi connectivity index (χ1v) is 4.86. The molecule has 0 saturated carbocycles. The lowest BCUT2D eigenvalue weighted by atomic mass is 10.4. The van der Waals surface area contributed by atoms with Gasteiger partial charge in [0.2, 0.25) is 0 Å². The summed E-state index contributed by atoms with van der Waals surface area (Å²) in [7, 11) is 0. The fourth-order valence-corrected chi connectivity index (χ4v) is 0.969. The number of hydrogen-bond donors (Lipinski definition) is 2. The zero-order valence-electron chi connectivity index (χ0n) is 8.49. The van der Waals surface area contributed by atoms with Crippen molar-refractivity contribution in [3.8, 4) is 0 Å². The number of urea groups is 1. The summed E-state index contributed by atoms with van der Waals surface area (Å²) < 4.78 is 4.52. The first-order chi connectivity index (χ1) is 7.61. The van der Waals surface area contributed by atoms with Crippen molar-refractivity contribution in [3.05, 3.63) is 23.4 Å². The van der Waals surface area contributed by atoms with Crippen LogP contribution in [0.4, 0.5) is 15.4 Å². The molecular formula is C9H10ClN3O3. The van der Waals surface area contributed by atoms with Gasteiger partial charge in [-0.2, -0.15) is 0 Å². The number of ether oxygens (including phenoxy) is 1. The summed E-state index contributed by atoms with van der Waals surface area (Å²) in [6, 6.07) is 2.36. The molecule has 2 N–H and O–H groups in total. The van der Waals surface area contributed by atoms with E-state index >= 15 is 0 Å². The quantitative estimate of drug-likeness (QED) is 0.833. The Morgan fingerprint density at radius 1 is 1.50 bits per heavy atom. The molecule has 7 heteroatoms. The lowest BCUT2D eigenvalue weighted by molar-refractivity contribution is 0.154. The third-order valence-corrected chi connectivity index (χ3v) is 1.68. The van der Waals surface area contributed by atoms with Gasteiger partial charge >= 0.3 is 12.1 Å². The summed E-state index contributed by atoms with van der Waals surface area (Å²) in [6.07, 6.45) is 0.565. The number of hydrogen-bond acceptors (Lipinski definition) is 4. The Bertz CT molecular complexity index is 380. The van der Waals surface area contributed by atoms with E-state index in [4.69, 9.17) is 11.6 Å². The zero-order valence-corrected chi connectivity index (χ0v) is 9.25. The highest BCUT2D eigenvalue weighted by Crippen LogP contribution is 2.08. The summed E-state index contributed by atoms with van der Waals surface area (Å²) in [5.74, 6) is 0.284. The average molecular weight is 244 g/mol. The molecule has 1 aromatic heterocycles. The Hall–Kier alpha value is -1.82. The number of amides is 3. The van der Waals surface area contributed by atoms with Gasteiger partial charge in [-0.05, 0) is 19.1 Å². The summed E-state index contributed by atoms with van der Waals surface area (Å²) in [6.45, 7) is 1.83. The third kappa shape index (κ3) is 4.14. The second kappa shape index (κ2) is 5.92. The number of carbonyl (C=O) groups is 2. The molecule has 0 aromatic carbocycles. The molecular weight excluding hydrogens is 234 g/mol. The van der Waals surface area contributed by atoms with Gasteiger partial charge in [0, 0.05) is 6.20 Å². The highest BCUT2D eigenvalue weighted by molar-refractivity contribution is 6.30. The van der Waals surface area contributed by atoms with Crippen LogP contribution in [0.1, 0.15) is 6.92 Å². The van der Waals surface area contributed by atoms with Crippen LogP contribution in [0.15, 0.2) is 18.3 Å². The highest BCUT2D eigenvalue weighted by atomic mass is 35.5. The predicted octanol–water partition coefficient (Wildman–Crippen LogP) is 2.01. The number of alkyl carbamates (subject to hydrolysis) is 1. The number of rotatable bonds is 2. The van der Waals surface area contributed by atoms with Crippen LogP contribution in [0.3, 0.4) is 0 Å². The Kier molecular flexibility index (Phi) is 4.53. The van der Waals surface area contributed by atoms with Crippen molar-refractivity contribution in [2.75, 3.05) is 11.9 Å². The van der Waals surface area contributed by atoms with E-state index in [2.05, 4.69) is 15.0 Å². The summed E-state index contributed by atoms with van der Waals surface area (Å²) in [4.78, 5) is 25.9. The molecule has 1 aromatic rings. The number of anilines is 1. The maximum Gasteiger partial charge on any atom is 0.415 e. The minimum absolute atomic E-state index is 0.193. The zero-order chi connectivity index (χ0) is 12.0. The van der Waals surface area contributed by atoms with Crippen LogP contribution in [0.25, 0.3) is 0 Å². The van der Waals surface area contributed by atoms with E-state index in [9.17, 15) is 9.59 Å². The lowest BCUT2D eigenvalue weighted by Crippen LogP contribution is -2.34. The van der Waals surface area contributed by atoms with Crippen LogP contribution in [-0.2, 0) is 4.74 Å². The van der Waals surface area contributed by atoms with Crippen LogP contribution in [-0.4, -0.2) is 23.7 Å². The average Bonchev–Trinajstić information content (AvgIpc) is 2.21. The van der Waals surface area contributed by atoms with Crippen molar-refractivity contribution >= 4 is 29.5 Å². The Balaban J connectivity index is 2.45. The van der Waals surface area contributed by atoms with Gasteiger partial charge in [0.25, 0.3) is 0 Å². The molecule has 0 atom stereocenters. The number of nitrogens with zero attached hydrogens (tertiary/aromatic N) is 1. The largest absolute Gasteiger partial charge is 0.450 e. The van der Waals surface area contributed by atoms with E-state index in [1.54, 1.807) is 13.0 Å². The highest BCUT2D eigenvalue weighted by Gasteiger charge is 2.08. The molecule has 0 radical (unpaired) electrons. The summed E-state index contributed by atoms with van der Waals surface area (Å²) in [5, 5.41) is 4.75. The normalized spacial score (nSPS) is 9.38. The van der Waals surface area contributed by atoms with E-state index in [1.165, 1.54) is 12.3 Å². The van der Waals surface area contributed by atoms with Crippen molar-refractivity contribution in [3.63, 3.8) is 0 Å². The van der Waals surface area contributed by atoms with Crippen LogP contribution in [0.2, 0.25) is 5.02 Å². The standard InChI is InChI=1S/C9H10ClN3O3/c1-2-16-9(15)13-8(14)12-7-4-3-6(10)5-11-7/h3-5H,2H2,1H3,(H2,11,12,13,14,15). The molecule has 0 unspecified atom stereocenters. The smallest absolute Gasteiger partial charge is 0.415 e. The fourth-order valence-electron chi connectivity index (χ4n) is 0.857. The van der Waals surface area contributed by atoms with Crippen molar-refractivity contribution in [1.82, 2.24) is 10.3 Å². The van der Waals surface area contributed by atoms with Crippen LogP contribution < -0.4 is 10.6 Å². The van der Waals surface area contributed by atoms with Gasteiger partial charge in [0.15, 0.2) is 0 Å². The van der Waals surface area contributed by atoms with Crippen LogP contribution in [0, 0.1) is 0 Å². The number of nitrogens with one attached hydrogen (secondary N) is 2. The van der Waals surface area contributed by atoms with Crippen molar-refractivity contribution in [1.29, 1.82) is 0 Å². The van der Waals surface area contributed by atoms with Gasteiger partial charge in [-0.3, -0.25) is 5.32 Å². The first kappa shape index (κ1) is 12.3. The molecule has 0 saturated heterocycles. The summed E-state index contributed by atoms with van der Waals surface area (Å²) >= 11 is 5.61. The molecule has 0 aliphatic carbocycles. The molecule has 0 aliphatic rings. The number of pyridine rings is 1. The van der Waals surface area contributed by atoms with E-state index in [-0.39, 0.29) is 12.4 Å². The fraction of sp³-hybridized carbons (Fsp3) is 0.222. The van der Waals surface area contributed by atoms with Gasteiger partial charge in [-0.25, -0.2) is 19.9 Å².